The molecule has 1 saturated carbocycles. The number of hydrogen-bond acceptors (Lipinski definition) is 4. The van der Waals surface area contributed by atoms with Gasteiger partial charge >= 0.3 is 5.97 Å². The summed E-state index contributed by atoms with van der Waals surface area (Å²) in [7, 11) is 0. The molecule has 0 amide bonds. The molecule has 3 rings (SSSR count). The fourth-order valence-corrected chi connectivity index (χ4v) is 4.41. The van der Waals surface area contributed by atoms with Gasteiger partial charge in [-0.1, -0.05) is 27.7 Å². The molecular weight excluding hydrogens is 304 g/mol. The van der Waals surface area contributed by atoms with Crippen LogP contribution in [0.4, 0.5) is 0 Å². The molecule has 24 heavy (non-hydrogen) atoms. The maximum atomic E-state index is 12.6. The minimum absolute atomic E-state index is 0.131. The van der Waals surface area contributed by atoms with E-state index in [0.29, 0.717) is 18.8 Å². The van der Waals surface area contributed by atoms with Crippen LogP contribution in [0.5, 0.6) is 0 Å². The van der Waals surface area contributed by atoms with Gasteiger partial charge in [-0.25, -0.2) is 0 Å². The van der Waals surface area contributed by atoms with Gasteiger partial charge in [0.1, 0.15) is 17.6 Å². The first-order chi connectivity index (χ1) is 11.3. The lowest BCUT2D eigenvalue weighted by atomic mass is 9.53. The van der Waals surface area contributed by atoms with E-state index in [4.69, 9.17) is 9.15 Å². The second-order valence-corrected chi connectivity index (χ2v) is 7.91. The Kier molecular flexibility index (Phi) is 4.35. The van der Waals surface area contributed by atoms with E-state index >= 15 is 0 Å². The van der Waals surface area contributed by atoms with Crippen LogP contribution < -0.4 is 0 Å². The van der Waals surface area contributed by atoms with E-state index < -0.39 is 6.10 Å². The lowest BCUT2D eigenvalue weighted by molar-refractivity contribution is -0.176. The molecule has 4 heteroatoms. The molecule has 0 aromatic carbocycles. The summed E-state index contributed by atoms with van der Waals surface area (Å²) in [5.74, 6) is 0.964. The average molecular weight is 332 g/mol. The van der Waals surface area contributed by atoms with Crippen LogP contribution >= 0.6 is 0 Å². The first kappa shape index (κ1) is 17.2. The zero-order chi connectivity index (χ0) is 17.6. The highest BCUT2D eigenvalue weighted by molar-refractivity contribution is 5.84. The van der Waals surface area contributed by atoms with E-state index in [2.05, 4.69) is 13.8 Å². The highest BCUT2D eigenvalue weighted by Crippen LogP contribution is 2.58. The predicted octanol–water partition coefficient (Wildman–Crippen LogP) is 4.40. The monoisotopic (exact) mass is 332 g/mol. The van der Waals surface area contributed by atoms with E-state index in [9.17, 15) is 9.59 Å². The minimum atomic E-state index is -0.397. The third kappa shape index (κ3) is 2.42. The number of ether oxygens (including phenoxy) is 1. The Morgan fingerprint density at radius 1 is 1.50 bits per heavy atom. The maximum absolute atomic E-state index is 12.6. The van der Waals surface area contributed by atoms with Crippen molar-refractivity contribution in [3.63, 3.8) is 0 Å². The van der Waals surface area contributed by atoms with Gasteiger partial charge < -0.3 is 9.15 Å². The van der Waals surface area contributed by atoms with Crippen molar-refractivity contribution in [3.8, 4) is 0 Å². The summed E-state index contributed by atoms with van der Waals surface area (Å²) in [6.45, 7) is 10.2. The summed E-state index contributed by atoms with van der Waals surface area (Å²) in [5.41, 5.74) is 1.64. The summed E-state index contributed by atoms with van der Waals surface area (Å²) in [6.07, 6.45) is 4.17. The van der Waals surface area contributed by atoms with E-state index in [1.165, 1.54) is 0 Å². The normalized spacial score (nSPS) is 33.5. The largest absolute Gasteiger partial charge is 0.469 e. The Morgan fingerprint density at radius 2 is 2.21 bits per heavy atom. The number of carbonyl (C=O) groups excluding carboxylic acids is 2. The minimum Gasteiger partial charge on any atom is -0.469 e. The van der Waals surface area contributed by atoms with Gasteiger partial charge in [0.15, 0.2) is 0 Å². The Balaban J connectivity index is 2.08. The third-order valence-corrected chi connectivity index (χ3v) is 6.59. The van der Waals surface area contributed by atoms with E-state index in [-0.39, 0.29) is 29.0 Å². The lowest BCUT2D eigenvalue weighted by Gasteiger charge is -2.51. The number of hydrogen-bond donors (Lipinski definition) is 0. The topological polar surface area (TPSA) is 56.5 Å². The summed E-state index contributed by atoms with van der Waals surface area (Å²) in [6, 6.07) is 0. The number of Topliss-reactive ketones (excluding diaryl/α,β-unsaturated/α-hetero) is 1. The molecule has 0 radical (unpaired) electrons. The molecular formula is C20H28O4. The molecule has 0 aliphatic heterocycles. The predicted molar refractivity (Wildman–Crippen MR) is 90.4 cm³/mol. The number of fused-ring (bicyclic) bond motifs is 2. The molecule has 1 heterocycles. The van der Waals surface area contributed by atoms with Crippen molar-refractivity contribution < 1.29 is 18.7 Å². The molecule has 1 fully saturated rings. The summed E-state index contributed by atoms with van der Waals surface area (Å²) < 4.78 is 11.8. The Morgan fingerprint density at radius 3 is 2.88 bits per heavy atom. The van der Waals surface area contributed by atoms with Crippen LogP contribution in [0.2, 0.25) is 0 Å². The van der Waals surface area contributed by atoms with Gasteiger partial charge in [-0.15, -0.1) is 0 Å². The molecule has 132 valence electrons. The van der Waals surface area contributed by atoms with E-state index in [0.717, 1.165) is 29.7 Å². The SMILES string of the molecule is CCC(C)C(=O)OC1c2c(C)coc2CC2C(=O)CCC(C)C21C. The van der Waals surface area contributed by atoms with Gasteiger partial charge in [-0.2, -0.15) is 0 Å². The summed E-state index contributed by atoms with van der Waals surface area (Å²) in [4.78, 5) is 25.2. The first-order valence-electron chi connectivity index (χ1n) is 9.10. The van der Waals surface area contributed by atoms with Crippen molar-refractivity contribution in [2.24, 2.45) is 23.2 Å². The smallest absolute Gasteiger partial charge is 0.309 e. The number of rotatable bonds is 3. The van der Waals surface area contributed by atoms with Gasteiger partial charge in [-0.05, 0) is 31.2 Å². The van der Waals surface area contributed by atoms with Crippen molar-refractivity contribution in [1.82, 2.24) is 0 Å². The molecule has 5 unspecified atom stereocenters. The van der Waals surface area contributed by atoms with Gasteiger partial charge in [0.2, 0.25) is 0 Å². The van der Waals surface area contributed by atoms with Gasteiger partial charge in [0.25, 0.3) is 0 Å². The molecule has 0 saturated heterocycles. The van der Waals surface area contributed by atoms with Gasteiger partial charge in [0.05, 0.1) is 12.2 Å². The molecule has 1 aromatic heterocycles. The second kappa shape index (κ2) is 6.05. The first-order valence-corrected chi connectivity index (χ1v) is 9.10. The fraction of sp³-hybridized carbons (Fsp3) is 0.700. The molecule has 0 bridgehead atoms. The molecule has 4 nitrogen and oxygen atoms in total. The van der Waals surface area contributed by atoms with E-state index in [1.54, 1.807) is 6.26 Å². The van der Waals surface area contributed by atoms with Crippen LogP contribution in [0.1, 0.15) is 69.9 Å². The zero-order valence-electron chi connectivity index (χ0n) is 15.3. The van der Waals surface area contributed by atoms with Crippen LogP contribution in [0.3, 0.4) is 0 Å². The number of carbonyl (C=O) groups is 2. The quantitative estimate of drug-likeness (QED) is 0.770. The summed E-state index contributed by atoms with van der Waals surface area (Å²) in [5, 5.41) is 0. The maximum Gasteiger partial charge on any atom is 0.309 e. The molecule has 0 N–H and O–H groups in total. The van der Waals surface area contributed by atoms with Crippen molar-refractivity contribution in [1.29, 1.82) is 0 Å². The number of esters is 1. The lowest BCUT2D eigenvalue weighted by Crippen LogP contribution is -2.51. The molecule has 2 aliphatic rings. The van der Waals surface area contributed by atoms with Crippen molar-refractivity contribution >= 4 is 11.8 Å². The van der Waals surface area contributed by atoms with Crippen molar-refractivity contribution in [2.75, 3.05) is 0 Å². The number of furan rings is 1. The number of aryl methyl sites for hydroxylation is 1. The van der Waals surface area contributed by atoms with Crippen molar-refractivity contribution in [2.45, 2.75) is 66.4 Å². The van der Waals surface area contributed by atoms with Crippen LogP contribution in [-0.2, 0) is 20.7 Å². The Hall–Kier alpha value is -1.58. The van der Waals surface area contributed by atoms with Crippen LogP contribution in [0, 0.1) is 30.1 Å². The highest BCUT2D eigenvalue weighted by atomic mass is 16.5. The van der Waals surface area contributed by atoms with Gasteiger partial charge in [0, 0.05) is 29.7 Å². The van der Waals surface area contributed by atoms with Crippen LogP contribution in [-0.4, -0.2) is 11.8 Å². The second-order valence-electron chi connectivity index (χ2n) is 7.91. The molecule has 2 aliphatic carbocycles. The fourth-order valence-electron chi connectivity index (χ4n) is 4.41. The van der Waals surface area contributed by atoms with Crippen molar-refractivity contribution in [3.05, 3.63) is 23.2 Å². The number of ketones is 1. The van der Waals surface area contributed by atoms with Crippen LogP contribution in [0.25, 0.3) is 0 Å². The van der Waals surface area contributed by atoms with E-state index in [1.807, 2.05) is 20.8 Å². The van der Waals surface area contributed by atoms with Gasteiger partial charge in [-0.3, -0.25) is 9.59 Å². The standard InChI is InChI=1S/C20H28O4/c1-6-11(2)19(22)24-18-17-12(3)10-23-16(17)9-14-15(21)8-7-13(4)20(14,18)5/h10-11,13-14,18H,6-9H2,1-5H3. The Bertz CT molecular complexity index is 659. The third-order valence-electron chi connectivity index (χ3n) is 6.59. The molecule has 1 aromatic rings. The Labute approximate surface area is 143 Å². The van der Waals surface area contributed by atoms with Crippen LogP contribution in [0.15, 0.2) is 10.7 Å². The summed E-state index contributed by atoms with van der Waals surface area (Å²) >= 11 is 0. The molecule has 0 spiro atoms. The highest BCUT2D eigenvalue weighted by Gasteiger charge is 2.57. The average Bonchev–Trinajstić information content (AvgIpc) is 2.93. The molecule has 5 atom stereocenters. The zero-order valence-corrected chi connectivity index (χ0v) is 15.3.